The van der Waals surface area contributed by atoms with E-state index in [4.69, 9.17) is 13.7 Å². The van der Waals surface area contributed by atoms with Crippen LogP contribution in [0.2, 0.25) is 0 Å². The molecule has 0 amide bonds. The molecule has 2 atom stereocenters. The minimum Gasteiger partial charge on any atom is -0.444 e. The average Bonchev–Trinajstić information content (AvgIpc) is 3.17. The third kappa shape index (κ3) is 2.90. The molecule has 0 N–H and O–H groups in total. The van der Waals surface area contributed by atoms with Crippen molar-refractivity contribution in [1.29, 1.82) is 0 Å². The second-order valence-corrected chi connectivity index (χ2v) is 6.51. The zero-order chi connectivity index (χ0) is 16.0. The molecule has 0 spiro atoms. The normalized spacial score (nSPS) is 25.9. The molecule has 2 aliphatic rings. The molecule has 23 heavy (non-hydrogen) atoms. The molecule has 2 aromatic rings. The van der Waals surface area contributed by atoms with Crippen molar-refractivity contribution in [2.24, 2.45) is 0 Å². The van der Waals surface area contributed by atoms with Gasteiger partial charge >= 0.3 is 0 Å². The maximum absolute atomic E-state index is 5.81. The van der Waals surface area contributed by atoms with Crippen LogP contribution >= 0.6 is 0 Å². The number of morpholine rings is 1. The first-order chi connectivity index (χ1) is 11.1. The fourth-order valence-electron chi connectivity index (χ4n) is 3.07. The van der Waals surface area contributed by atoms with Gasteiger partial charge in [-0.1, -0.05) is 5.16 Å². The van der Waals surface area contributed by atoms with Crippen molar-refractivity contribution >= 4 is 0 Å². The summed E-state index contributed by atoms with van der Waals surface area (Å²) in [6, 6.07) is -0.0590. The molecule has 0 aromatic carbocycles. The lowest BCUT2D eigenvalue weighted by molar-refractivity contribution is -0.0786. The van der Waals surface area contributed by atoms with Crippen molar-refractivity contribution in [3.8, 4) is 0 Å². The number of aromatic nitrogens is 3. The van der Waals surface area contributed by atoms with Crippen LogP contribution in [0, 0.1) is 13.8 Å². The predicted octanol–water partition coefficient (Wildman–Crippen LogP) is 2.51. The van der Waals surface area contributed by atoms with Gasteiger partial charge in [0.05, 0.1) is 24.9 Å². The summed E-state index contributed by atoms with van der Waals surface area (Å²) < 4.78 is 17.1. The van der Waals surface area contributed by atoms with Crippen LogP contribution in [0.3, 0.4) is 0 Å². The van der Waals surface area contributed by atoms with E-state index in [2.05, 4.69) is 20.0 Å². The Kier molecular flexibility index (Phi) is 3.69. The standard InChI is InChI=1S/C16H22N4O3/c1-9-10(2)22-13(17-9)8-20-6-7-21-11(3)14(20)16-18-15(19-23-16)12-4-5-12/h11-12,14H,4-8H2,1-3H3/t11-,14+/m1/s1. The molecule has 124 valence electrons. The first-order valence-electron chi connectivity index (χ1n) is 8.24. The second-order valence-electron chi connectivity index (χ2n) is 6.51. The van der Waals surface area contributed by atoms with Crippen LogP contribution in [0.1, 0.15) is 60.8 Å². The van der Waals surface area contributed by atoms with Crippen LogP contribution in [0.4, 0.5) is 0 Å². The van der Waals surface area contributed by atoms with E-state index < -0.39 is 0 Å². The minimum absolute atomic E-state index is 0.00610. The average molecular weight is 318 g/mol. The van der Waals surface area contributed by atoms with Crippen LogP contribution in [0.25, 0.3) is 0 Å². The first-order valence-corrected chi connectivity index (χ1v) is 8.24. The third-order valence-corrected chi connectivity index (χ3v) is 4.66. The minimum atomic E-state index is -0.0590. The third-order valence-electron chi connectivity index (χ3n) is 4.66. The van der Waals surface area contributed by atoms with Crippen molar-refractivity contribution in [3.63, 3.8) is 0 Å². The Balaban J connectivity index is 1.57. The summed E-state index contributed by atoms with van der Waals surface area (Å²) in [4.78, 5) is 11.3. The highest BCUT2D eigenvalue weighted by Gasteiger charge is 2.37. The largest absolute Gasteiger partial charge is 0.444 e. The van der Waals surface area contributed by atoms with Gasteiger partial charge in [-0.3, -0.25) is 4.90 Å². The summed E-state index contributed by atoms with van der Waals surface area (Å²) in [5.74, 6) is 3.55. The highest BCUT2D eigenvalue weighted by Crippen LogP contribution is 2.39. The van der Waals surface area contributed by atoms with Gasteiger partial charge in [-0.2, -0.15) is 4.98 Å². The first kappa shape index (κ1) is 14.8. The fourth-order valence-corrected chi connectivity index (χ4v) is 3.07. The van der Waals surface area contributed by atoms with Gasteiger partial charge in [-0.15, -0.1) is 0 Å². The summed E-state index contributed by atoms with van der Waals surface area (Å²) in [5, 5.41) is 4.14. The Labute approximate surface area is 135 Å². The molecule has 3 heterocycles. The lowest BCUT2D eigenvalue weighted by atomic mass is 10.1. The molecule has 2 fully saturated rings. The maximum atomic E-state index is 5.81. The molecule has 1 aliphatic heterocycles. The SMILES string of the molecule is Cc1nc(CN2CCO[C@H](C)[C@H]2c2nc(C3CC3)no2)oc1C. The summed E-state index contributed by atoms with van der Waals surface area (Å²) in [7, 11) is 0. The smallest absolute Gasteiger partial charge is 0.246 e. The van der Waals surface area contributed by atoms with E-state index in [-0.39, 0.29) is 12.1 Å². The molecule has 1 saturated carbocycles. The number of oxazole rings is 1. The number of hydrogen-bond acceptors (Lipinski definition) is 7. The summed E-state index contributed by atoms with van der Waals surface area (Å²) in [6.45, 7) is 8.03. The topological polar surface area (TPSA) is 77.4 Å². The zero-order valence-corrected chi connectivity index (χ0v) is 13.8. The zero-order valence-electron chi connectivity index (χ0n) is 13.8. The Morgan fingerprint density at radius 1 is 1.22 bits per heavy atom. The molecule has 0 radical (unpaired) electrons. The Bertz CT molecular complexity index is 672. The quantitative estimate of drug-likeness (QED) is 0.857. The lowest BCUT2D eigenvalue weighted by Gasteiger charge is -2.36. The fraction of sp³-hybridized carbons (Fsp3) is 0.688. The Morgan fingerprint density at radius 3 is 2.74 bits per heavy atom. The molecule has 2 aromatic heterocycles. The summed E-state index contributed by atoms with van der Waals surface area (Å²) >= 11 is 0. The van der Waals surface area contributed by atoms with Gasteiger partial charge in [0.25, 0.3) is 0 Å². The monoisotopic (exact) mass is 318 g/mol. The second kappa shape index (κ2) is 5.72. The van der Waals surface area contributed by atoms with Crippen LogP contribution < -0.4 is 0 Å². The lowest BCUT2D eigenvalue weighted by Crippen LogP contribution is -2.43. The van der Waals surface area contributed by atoms with Crippen molar-refractivity contribution in [2.75, 3.05) is 13.2 Å². The van der Waals surface area contributed by atoms with Gasteiger partial charge in [0, 0.05) is 12.5 Å². The van der Waals surface area contributed by atoms with E-state index >= 15 is 0 Å². The highest BCUT2D eigenvalue weighted by atomic mass is 16.5. The van der Waals surface area contributed by atoms with Crippen LogP contribution in [0.15, 0.2) is 8.94 Å². The molecular weight excluding hydrogens is 296 g/mol. The Hall–Kier alpha value is -1.73. The van der Waals surface area contributed by atoms with Crippen LogP contribution in [0.5, 0.6) is 0 Å². The number of ether oxygens (including phenoxy) is 1. The maximum Gasteiger partial charge on any atom is 0.246 e. The molecule has 1 saturated heterocycles. The van der Waals surface area contributed by atoms with E-state index in [0.29, 0.717) is 25.0 Å². The van der Waals surface area contributed by atoms with Gasteiger partial charge in [-0.05, 0) is 33.6 Å². The number of nitrogens with zero attached hydrogens (tertiary/aromatic N) is 4. The van der Waals surface area contributed by atoms with Crippen LogP contribution in [-0.2, 0) is 11.3 Å². The van der Waals surface area contributed by atoms with Crippen molar-refractivity contribution < 1.29 is 13.7 Å². The van der Waals surface area contributed by atoms with Crippen molar-refractivity contribution in [3.05, 3.63) is 29.1 Å². The summed E-state index contributed by atoms with van der Waals surface area (Å²) in [6.07, 6.45) is 2.32. The van der Waals surface area contributed by atoms with Crippen LogP contribution in [-0.4, -0.2) is 39.3 Å². The number of hydrogen-bond donors (Lipinski definition) is 0. The van der Waals surface area contributed by atoms with Gasteiger partial charge in [0.15, 0.2) is 5.82 Å². The van der Waals surface area contributed by atoms with E-state index in [9.17, 15) is 0 Å². The Morgan fingerprint density at radius 2 is 2.04 bits per heavy atom. The number of rotatable bonds is 4. The summed E-state index contributed by atoms with van der Waals surface area (Å²) in [5.41, 5.74) is 0.937. The van der Waals surface area contributed by atoms with Crippen molar-refractivity contribution in [1.82, 2.24) is 20.0 Å². The van der Waals surface area contributed by atoms with E-state index in [0.717, 1.165) is 42.6 Å². The molecule has 1 aliphatic carbocycles. The van der Waals surface area contributed by atoms with E-state index in [1.807, 2.05) is 20.8 Å². The van der Waals surface area contributed by atoms with Gasteiger partial charge in [-0.25, -0.2) is 4.98 Å². The predicted molar refractivity (Wildman–Crippen MR) is 80.8 cm³/mol. The van der Waals surface area contributed by atoms with Gasteiger partial charge in [0.2, 0.25) is 11.8 Å². The number of aryl methyl sites for hydroxylation is 2. The van der Waals surface area contributed by atoms with Gasteiger partial charge < -0.3 is 13.7 Å². The molecule has 0 unspecified atom stereocenters. The van der Waals surface area contributed by atoms with Gasteiger partial charge in [0.1, 0.15) is 11.8 Å². The molecule has 7 nitrogen and oxygen atoms in total. The van der Waals surface area contributed by atoms with E-state index in [1.54, 1.807) is 0 Å². The van der Waals surface area contributed by atoms with E-state index in [1.165, 1.54) is 0 Å². The molecule has 0 bridgehead atoms. The highest BCUT2D eigenvalue weighted by molar-refractivity contribution is 5.08. The van der Waals surface area contributed by atoms with Crippen molar-refractivity contribution in [2.45, 2.75) is 58.2 Å². The molecule has 7 heteroatoms. The molecule has 4 rings (SSSR count). The molecular formula is C16H22N4O3.